The number of carbonyl (C=O) groups is 1. The van der Waals surface area contributed by atoms with Gasteiger partial charge in [-0.2, -0.15) is 0 Å². The minimum atomic E-state index is -0.511. The Hall–Kier alpha value is -1.66. The summed E-state index contributed by atoms with van der Waals surface area (Å²) in [7, 11) is 1.42. The summed E-state index contributed by atoms with van der Waals surface area (Å²) in [5.74, 6) is -0.405. The summed E-state index contributed by atoms with van der Waals surface area (Å²) in [6.45, 7) is 0.406. The van der Waals surface area contributed by atoms with Gasteiger partial charge in [-0.05, 0) is 25.0 Å². The van der Waals surface area contributed by atoms with Crippen LogP contribution in [0.15, 0.2) is 18.2 Å². The number of rotatable bonds is 4. The number of benzene rings is 1. The van der Waals surface area contributed by atoms with E-state index in [-0.39, 0.29) is 17.8 Å². The number of methoxy groups -OCH3 is 1. The van der Waals surface area contributed by atoms with Crippen molar-refractivity contribution in [2.24, 2.45) is 5.73 Å². The van der Waals surface area contributed by atoms with Crippen molar-refractivity contribution in [2.45, 2.75) is 25.0 Å². The molecule has 2 atom stereocenters. The summed E-state index contributed by atoms with van der Waals surface area (Å²) in [5, 5.41) is 2.68. The van der Waals surface area contributed by atoms with Crippen LogP contribution in [0.25, 0.3) is 0 Å². The molecule has 3 N–H and O–H groups in total. The van der Waals surface area contributed by atoms with Crippen LogP contribution in [0.2, 0.25) is 0 Å². The largest absolute Gasteiger partial charge is 0.494 e. The third kappa shape index (κ3) is 3.21. The number of ether oxygens (including phenoxy) is 2. The molecule has 1 fully saturated rings. The Balaban J connectivity index is 2.03. The average Bonchev–Trinajstić information content (AvgIpc) is 2.89. The molecule has 1 amide bonds. The Morgan fingerprint density at radius 3 is 3.00 bits per heavy atom. The molecular weight excluding hydrogens is 251 g/mol. The highest BCUT2D eigenvalue weighted by atomic mass is 19.1. The Bertz CT molecular complexity index is 467. The predicted octanol–water partition coefficient (Wildman–Crippen LogP) is 1.28. The van der Waals surface area contributed by atoms with Crippen molar-refractivity contribution in [3.05, 3.63) is 24.0 Å². The first-order valence-corrected chi connectivity index (χ1v) is 6.14. The molecule has 1 heterocycles. The summed E-state index contributed by atoms with van der Waals surface area (Å²) in [6, 6.07) is 3.94. The molecular formula is C13H17FN2O3. The molecule has 0 radical (unpaired) electrons. The number of halogens is 1. The summed E-state index contributed by atoms with van der Waals surface area (Å²) < 4.78 is 23.5. The van der Waals surface area contributed by atoms with E-state index in [4.69, 9.17) is 15.2 Å². The minimum Gasteiger partial charge on any atom is -0.494 e. The van der Waals surface area contributed by atoms with Crippen LogP contribution >= 0.6 is 0 Å². The molecule has 1 saturated heterocycles. The predicted molar refractivity (Wildman–Crippen MR) is 68.5 cm³/mol. The van der Waals surface area contributed by atoms with Crippen LogP contribution in [0.3, 0.4) is 0 Å². The van der Waals surface area contributed by atoms with Gasteiger partial charge >= 0.3 is 0 Å². The van der Waals surface area contributed by atoms with Crippen molar-refractivity contribution in [3.63, 3.8) is 0 Å². The fourth-order valence-electron chi connectivity index (χ4n) is 2.05. The maximum absolute atomic E-state index is 13.0. The first-order valence-electron chi connectivity index (χ1n) is 6.14. The molecule has 0 saturated carbocycles. The Labute approximate surface area is 110 Å². The van der Waals surface area contributed by atoms with Crippen molar-refractivity contribution in [2.75, 3.05) is 19.0 Å². The van der Waals surface area contributed by atoms with Crippen LogP contribution in [-0.4, -0.2) is 31.8 Å². The highest BCUT2D eigenvalue weighted by Crippen LogP contribution is 2.26. The second kappa shape index (κ2) is 5.99. The van der Waals surface area contributed by atoms with Gasteiger partial charge in [-0.3, -0.25) is 4.79 Å². The Morgan fingerprint density at radius 1 is 1.58 bits per heavy atom. The van der Waals surface area contributed by atoms with E-state index in [1.807, 2.05) is 0 Å². The Kier molecular flexibility index (Phi) is 4.34. The second-order valence-electron chi connectivity index (χ2n) is 4.39. The molecule has 1 aromatic carbocycles. The van der Waals surface area contributed by atoms with Gasteiger partial charge in [-0.15, -0.1) is 0 Å². The molecule has 1 aliphatic heterocycles. The number of amides is 1. The number of carbonyl (C=O) groups excluding carboxylic acids is 1. The molecule has 0 bridgehead atoms. The summed E-state index contributed by atoms with van der Waals surface area (Å²) >= 11 is 0. The lowest BCUT2D eigenvalue weighted by atomic mass is 10.2. The van der Waals surface area contributed by atoms with Crippen molar-refractivity contribution >= 4 is 11.6 Å². The third-order valence-corrected chi connectivity index (χ3v) is 3.08. The smallest absolute Gasteiger partial charge is 0.253 e. The molecule has 0 unspecified atom stereocenters. The van der Waals surface area contributed by atoms with E-state index in [9.17, 15) is 9.18 Å². The van der Waals surface area contributed by atoms with Crippen LogP contribution < -0.4 is 15.8 Å². The third-order valence-electron chi connectivity index (χ3n) is 3.08. The second-order valence-corrected chi connectivity index (χ2v) is 4.39. The van der Waals surface area contributed by atoms with Crippen LogP contribution in [0, 0.1) is 5.82 Å². The highest BCUT2D eigenvalue weighted by Gasteiger charge is 2.30. The van der Waals surface area contributed by atoms with Crippen LogP contribution in [-0.2, 0) is 9.53 Å². The van der Waals surface area contributed by atoms with E-state index >= 15 is 0 Å². The molecule has 6 heteroatoms. The summed E-state index contributed by atoms with van der Waals surface area (Å²) in [5.41, 5.74) is 5.92. The van der Waals surface area contributed by atoms with Gasteiger partial charge in [-0.1, -0.05) is 0 Å². The quantitative estimate of drug-likeness (QED) is 0.862. The van der Waals surface area contributed by atoms with Gasteiger partial charge in [0.05, 0.1) is 18.9 Å². The molecule has 1 aliphatic rings. The average molecular weight is 268 g/mol. The van der Waals surface area contributed by atoms with Crippen LogP contribution in [0.4, 0.5) is 10.1 Å². The number of anilines is 1. The molecule has 5 nitrogen and oxygen atoms in total. The molecule has 0 aromatic heterocycles. The number of nitrogens with one attached hydrogen (secondary N) is 1. The fourth-order valence-corrected chi connectivity index (χ4v) is 2.05. The molecule has 1 aromatic rings. The monoisotopic (exact) mass is 268 g/mol. The maximum atomic E-state index is 13.0. The van der Waals surface area contributed by atoms with Crippen molar-refractivity contribution < 1.29 is 18.7 Å². The van der Waals surface area contributed by atoms with E-state index in [1.54, 1.807) is 0 Å². The Morgan fingerprint density at radius 2 is 2.37 bits per heavy atom. The van der Waals surface area contributed by atoms with Gasteiger partial charge in [0.15, 0.2) is 0 Å². The van der Waals surface area contributed by atoms with Crippen molar-refractivity contribution in [1.82, 2.24) is 0 Å². The van der Waals surface area contributed by atoms with E-state index < -0.39 is 11.9 Å². The number of hydrogen-bond acceptors (Lipinski definition) is 4. The van der Waals surface area contributed by atoms with Gasteiger partial charge in [0.2, 0.25) is 0 Å². The number of hydrogen-bond donors (Lipinski definition) is 2. The normalized spacial score (nSPS) is 22.3. The van der Waals surface area contributed by atoms with Gasteiger partial charge in [0, 0.05) is 12.6 Å². The topological polar surface area (TPSA) is 73.6 Å². The lowest BCUT2D eigenvalue weighted by molar-refractivity contribution is -0.126. The summed E-state index contributed by atoms with van der Waals surface area (Å²) in [6.07, 6.45) is 0.834. The van der Waals surface area contributed by atoms with Gasteiger partial charge in [-0.25, -0.2) is 4.39 Å². The fraction of sp³-hybridized carbons (Fsp3) is 0.462. The SMILES string of the molecule is COc1cc(F)ccc1NC(=O)[C@@H]1CC[C@H](CN)O1. The molecule has 0 spiro atoms. The zero-order valence-electron chi connectivity index (χ0n) is 10.7. The lowest BCUT2D eigenvalue weighted by Crippen LogP contribution is -2.29. The molecule has 2 rings (SSSR count). The number of nitrogens with two attached hydrogens (primary N) is 1. The van der Waals surface area contributed by atoms with Crippen LogP contribution in [0.1, 0.15) is 12.8 Å². The van der Waals surface area contributed by atoms with Gasteiger partial charge < -0.3 is 20.5 Å². The molecule has 0 aliphatic carbocycles. The highest BCUT2D eigenvalue weighted by molar-refractivity contribution is 5.95. The van der Waals surface area contributed by atoms with E-state index in [2.05, 4.69) is 5.32 Å². The van der Waals surface area contributed by atoms with Crippen molar-refractivity contribution in [1.29, 1.82) is 0 Å². The molecule has 19 heavy (non-hydrogen) atoms. The standard InChI is InChI=1S/C13H17FN2O3/c1-18-12-6-8(14)2-4-10(12)16-13(17)11-5-3-9(7-15)19-11/h2,4,6,9,11H,3,5,7,15H2,1H3,(H,16,17)/t9-,11+/m1/s1. The minimum absolute atomic E-state index is 0.0640. The molecule has 104 valence electrons. The maximum Gasteiger partial charge on any atom is 0.253 e. The lowest BCUT2D eigenvalue weighted by Gasteiger charge is -2.14. The zero-order valence-corrected chi connectivity index (χ0v) is 10.7. The summed E-state index contributed by atoms with van der Waals surface area (Å²) in [4.78, 5) is 12.0. The first kappa shape index (κ1) is 13.8. The first-order chi connectivity index (χ1) is 9.13. The van der Waals surface area contributed by atoms with Crippen LogP contribution in [0.5, 0.6) is 5.75 Å². The van der Waals surface area contributed by atoms with E-state index in [1.165, 1.54) is 25.3 Å². The van der Waals surface area contributed by atoms with Gasteiger partial charge in [0.1, 0.15) is 17.7 Å². The zero-order chi connectivity index (χ0) is 13.8. The van der Waals surface area contributed by atoms with E-state index in [0.29, 0.717) is 18.7 Å². The van der Waals surface area contributed by atoms with E-state index in [0.717, 1.165) is 6.42 Å². The van der Waals surface area contributed by atoms with Crippen molar-refractivity contribution in [3.8, 4) is 5.75 Å². The van der Waals surface area contributed by atoms with Gasteiger partial charge in [0.25, 0.3) is 5.91 Å².